The fourth-order valence-electron chi connectivity index (χ4n) is 1.91. The van der Waals surface area contributed by atoms with Gasteiger partial charge in [0.05, 0.1) is 17.2 Å². The van der Waals surface area contributed by atoms with Crippen LogP contribution in [0.25, 0.3) is 11.0 Å². The van der Waals surface area contributed by atoms with Crippen molar-refractivity contribution in [1.29, 1.82) is 0 Å². The minimum absolute atomic E-state index is 0.178. The predicted molar refractivity (Wildman–Crippen MR) is 81.2 cm³/mol. The van der Waals surface area contributed by atoms with E-state index in [1.165, 1.54) is 0 Å². The largest absolute Gasteiger partial charge is 0.379 e. The molecule has 2 rings (SSSR count). The number of hydrogen-bond acceptors (Lipinski definition) is 6. The summed E-state index contributed by atoms with van der Waals surface area (Å²) in [6.07, 6.45) is 2.57. The Morgan fingerprint density at radius 2 is 2.10 bits per heavy atom. The van der Waals surface area contributed by atoms with Gasteiger partial charge >= 0.3 is 0 Å². The smallest absolute Gasteiger partial charge is 0.163 e. The van der Waals surface area contributed by atoms with Gasteiger partial charge in [0, 0.05) is 27.8 Å². The van der Waals surface area contributed by atoms with Crippen LogP contribution < -0.4 is 5.32 Å². The summed E-state index contributed by atoms with van der Waals surface area (Å²) in [6, 6.07) is 0. The van der Waals surface area contributed by atoms with Crippen molar-refractivity contribution in [3.8, 4) is 0 Å². The van der Waals surface area contributed by atoms with Crippen LogP contribution in [0.4, 0.5) is 5.82 Å². The van der Waals surface area contributed by atoms with E-state index in [2.05, 4.69) is 20.4 Å². The van der Waals surface area contributed by atoms with E-state index in [1.54, 1.807) is 18.0 Å². The Kier molecular flexibility index (Phi) is 4.74. The number of nitrogens with zero attached hydrogens (tertiary/aromatic N) is 4. The molecule has 0 radical (unpaired) electrons. The lowest BCUT2D eigenvalue weighted by atomic mass is 10.1. The number of aromatic nitrogens is 4. The summed E-state index contributed by atoms with van der Waals surface area (Å²) in [5.41, 5.74) is 0.619. The van der Waals surface area contributed by atoms with Crippen molar-refractivity contribution in [3.05, 3.63) is 12.0 Å². The van der Waals surface area contributed by atoms with Crippen LogP contribution in [0.15, 0.2) is 6.20 Å². The van der Waals surface area contributed by atoms with Gasteiger partial charge in [0.25, 0.3) is 0 Å². The fraction of sp³-hybridized carbons (Fsp3) is 0.643. The van der Waals surface area contributed by atoms with Gasteiger partial charge in [-0.2, -0.15) is 5.10 Å². The van der Waals surface area contributed by atoms with E-state index < -0.39 is 0 Å². The highest BCUT2D eigenvalue weighted by molar-refractivity contribution is 5.86. The summed E-state index contributed by atoms with van der Waals surface area (Å²) in [7, 11) is 5.40. The van der Waals surface area contributed by atoms with Crippen molar-refractivity contribution in [2.45, 2.75) is 32.5 Å². The van der Waals surface area contributed by atoms with Gasteiger partial charge in [-0.15, -0.1) is 0 Å². The van der Waals surface area contributed by atoms with Crippen LogP contribution in [0.3, 0.4) is 0 Å². The second kappa shape index (κ2) is 6.36. The Bertz CT molecular complexity index is 609. The Balaban J connectivity index is 2.04. The number of nitrogens with one attached hydrogen (secondary N) is 1. The summed E-state index contributed by atoms with van der Waals surface area (Å²) >= 11 is 0. The second-order valence-corrected chi connectivity index (χ2v) is 5.51. The van der Waals surface area contributed by atoms with Crippen molar-refractivity contribution < 1.29 is 9.47 Å². The highest BCUT2D eigenvalue weighted by Gasteiger charge is 2.16. The molecule has 0 aliphatic rings. The first-order valence-corrected chi connectivity index (χ1v) is 6.96. The van der Waals surface area contributed by atoms with Gasteiger partial charge in [-0.3, -0.25) is 4.68 Å². The summed E-state index contributed by atoms with van der Waals surface area (Å²) in [5.74, 6) is 1.41. The number of fused-ring (bicyclic) bond motifs is 1. The van der Waals surface area contributed by atoms with E-state index in [1.807, 2.05) is 27.9 Å². The van der Waals surface area contributed by atoms with Crippen molar-refractivity contribution in [3.63, 3.8) is 0 Å². The lowest BCUT2D eigenvalue weighted by Gasteiger charge is -2.22. The first kappa shape index (κ1) is 15.7. The Labute approximate surface area is 124 Å². The molecule has 0 aromatic carbocycles. The summed E-state index contributed by atoms with van der Waals surface area (Å²) < 4.78 is 12.7. The van der Waals surface area contributed by atoms with Gasteiger partial charge in [-0.05, 0) is 20.3 Å². The Morgan fingerprint density at radius 1 is 1.33 bits per heavy atom. The fourth-order valence-corrected chi connectivity index (χ4v) is 1.91. The number of aryl methyl sites for hydroxylation is 1. The molecule has 0 aliphatic heterocycles. The maximum Gasteiger partial charge on any atom is 0.163 e. The third-order valence-electron chi connectivity index (χ3n) is 3.51. The van der Waals surface area contributed by atoms with Crippen LogP contribution >= 0.6 is 0 Å². The number of anilines is 1. The maximum atomic E-state index is 5.66. The molecule has 2 aromatic heterocycles. The molecule has 1 N–H and O–H groups in total. The first-order valence-electron chi connectivity index (χ1n) is 6.96. The summed E-state index contributed by atoms with van der Waals surface area (Å²) in [5, 5.41) is 8.18. The monoisotopic (exact) mass is 293 g/mol. The zero-order chi connectivity index (χ0) is 15.5. The highest BCUT2D eigenvalue weighted by atomic mass is 16.5. The third kappa shape index (κ3) is 3.68. The SMILES string of the molecule is CNc1nc(COCCC(C)(C)OC)nc2c1cnn2C. The molecular formula is C14H23N5O2. The molecule has 0 atom stereocenters. The molecule has 0 unspecified atom stereocenters. The van der Waals surface area contributed by atoms with Crippen LogP contribution in [0.5, 0.6) is 0 Å². The molecule has 0 saturated heterocycles. The zero-order valence-corrected chi connectivity index (χ0v) is 13.3. The normalized spacial score (nSPS) is 12.0. The van der Waals surface area contributed by atoms with E-state index in [0.717, 1.165) is 23.3 Å². The highest BCUT2D eigenvalue weighted by Crippen LogP contribution is 2.19. The van der Waals surface area contributed by atoms with E-state index >= 15 is 0 Å². The molecule has 7 nitrogen and oxygen atoms in total. The number of methoxy groups -OCH3 is 1. The zero-order valence-electron chi connectivity index (χ0n) is 13.3. The van der Waals surface area contributed by atoms with Gasteiger partial charge in [0.1, 0.15) is 12.4 Å². The quantitative estimate of drug-likeness (QED) is 0.784. The van der Waals surface area contributed by atoms with Crippen molar-refractivity contribution in [1.82, 2.24) is 19.7 Å². The number of rotatable bonds is 7. The van der Waals surface area contributed by atoms with Crippen molar-refractivity contribution in [2.24, 2.45) is 7.05 Å². The van der Waals surface area contributed by atoms with Gasteiger partial charge in [0.15, 0.2) is 11.5 Å². The van der Waals surface area contributed by atoms with Gasteiger partial charge in [-0.25, -0.2) is 9.97 Å². The average molecular weight is 293 g/mol. The lowest BCUT2D eigenvalue weighted by molar-refractivity contribution is -0.0131. The molecular weight excluding hydrogens is 270 g/mol. The molecule has 116 valence electrons. The molecule has 0 spiro atoms. The molecule has 2 heterocycles. The number of ether oxygens (including phenoxy) is 2. The number of hydrogen-bond donors (Lipinski definition) is 1. The minimum Gasteiger partial charge on any atom is -0.379 e. The van der Waals surface area contributed by atoms with Crippen molar-refractivity contribution >= 4 is 16.9 Å². The van der Waals surface area contributed by atoms with E-state index in [4.69, 9.17) is 9.47 Å². The van der Waals surface area contributed by atoms with Gasteiger partial charge < -0.3 is 14.8 Å². The summed E-state index contributed by atoms with van der Waals surface area (Å²) in [4.78, 5) is 8.95. The minimum atomic E-state index is -0.178. The Morgan fingerprint density at radius 3 is 2.76 bits per heavy atom. The first-order chi connectivity index (χ1) is 9.96. The van der Waals surface area contributed by atoms with Crippen LogP contribution in [-0.4, -0.2) is 46.1 Å². The van der Waals surface area contributed by atoms with E-state index in [-0.39, 0.29) is 5.60 Å². The topological polar surface area (TPSA) is 74.1 Å². The third-order valence-corrected chi connectivity index (χ3v) is 3.51. The van der Waals surface area contributed by atoms with Crippen LogP contribution in [0.1, 0.15) is 26.1 Å². The van der Waals surface area contributed by atoms with E-state index in [0.29, 0.717) is 19.0 Å². The molecule has 0 bridgehead atoms. The second-order valence-electron chi connectivity index (χ2n) is 5.51. The molecule has 0 saturated carbocycles. The lowest BCUT2D eigenvalue weighted by Crippen LogP contribution is -2.24. The van der Waals surface area contributed by atoms with Gasteiger partial charge in [-0.1, -0.05) is 0 Å². The Hall–Kier alpha value is -1.73. The van der Waals surface area contributed by atoms with Crippen LogP contribution in [-0.2, 0) is 23.1 Å². The molecule has 21 heavy (non-hydrogen) atoms. The standard InChI is InChI=1S/C14H23N5O2/c1-14(2,20-5)6-7-21-9-11-17-12(15-3)10-8-16-19(4)13(10)18-11/h8H,6-7,9H2,1-5H3,(H,15,17,18). The molecule has 2 aromatic rings. The predicted octanol–water partition coefficient (Wildman–Crippen LogP) is 1.74. The van der Waals surface area contributed by atoms with Crippen molar-refractivity contribution in [2.75, 3.05) is 26.1 Å². The molecule has 7 heteroatoms. The maximum absolute atomic E-state index is 5.66. The molecule has 0 fully saturated rings. The molecule has 0 aliphatic carbocycles. The van der Waals surface area contributed by atoms with Crippen LogP contribution in [0.2, 0.25) is 0 Å². The summed E-state index contributed by atoms with van der Waals surface area (Å²) in [6.45, 7) is 5.04. The molecule has 0 amide bonds. The van der Waals surface area contributed by atoms with Crippen LogP contribution in [0, 0.1) is 0 Å². The average Bonchev–Trinajstić information content (AvgIpc) is 2.84. The van der Waals surface area contributed by atoms with E-state index in [9.17, 15) is 0 Å². The van der Waals surface area contributed by atoms with Gasteiger partial charge in [0.2, 0.25) is 0 Å².